The fourth-order valence-electron chi connectivity index (χ4n) is 9.60. The normalized spacial score (nSPS) is 15.4. The number of pyridine rings is 1. The maximum Gasteiger partial charge on any atom is 0.341 e. The second-order valence-electron chi connectivity index (χ2n) is 22.9. The van der Waals surface area contributed by atoms with Gasteiger partial charge in [0.2, 0.25) is 65.0 Å². The van der Waals surface area contributed by atoms with Crippen molar-refractivity contribution in [2.75, 3.05) is 37.8 Å². The number of carboxylic acids is 1. The van der Waals surface area contributed by atoms with E-state index in [9.17, 15) is 62.6 Å². The van der Waals surface area contributed by atoms with Crippen molar-refractivity contribution in [3.63, 3.8) is 0 Å². The van der Waals surface area contributed by atoms with Crippen molar-refractivity contribution < 1.29 is 72.5 Å². The fourth-order valence-corrected chi connectivity index (χ4v) is 10.5. The van der Waals surface area contributed by atoms with Gasteiger partial charge in [-0.2, -0.15) is 0 Å². The zero-order valence-corrected chi connectivity index (χ0v) is 51.9. The molecule has 2 aromatic rings. The van der Waals surface area contributed by atoms with Crippen molar-refractivity contribution in [3.05, 3.63) is 59.9 Å². The molecule has 0 spiro atoms. The van der Waals surface area contributed by atoms with Crippen LogP contribution in [0.15, 0.2) is 48.8 Å². The predicted molar refractivity (Wildman–Crippen MR) is 326 cm³/mol. The van der Waals surface area contributed by atoms with Gasteiger partial charge in [0.1, 0.15) is 48.0 Å². The average molecular weight is 1250 g/mol. The quantitative estimate of drug-likeness (QED) is 0.0360. The molecule has 11 amide bonds. The summed E-state index contributed by atoms with van der Waals surface area (Å²) >= 11 is 0.847. The predicted octanol–water partition coefficient (Wildman–Crippen LogP) is -1.52. The van der Waals surface area contributed by atoms with Crippen molar-refractivity contribution >= 4 is 82.7 Å². The first-order chi connectivity index (χ1) is 41.7. The second kappa shape index (κ2) is 39.1. The van der Waals surface area contributed by atoms with E-state index in [-0.39, 0.29) is 54.4 Å². The third kappa shape index (κ3) is 28.3. The summed E-state index contributed by atoms with van der Waals surface area (Å²) in [6.45, 7) is 8.45. The Kier molecular flexibility index (Phi) is 33.0. The minimum absolute atomic E-state index is 0.00972. The van der Waals surface area contributed by atoms with Crippen LogP contribution in [0.5, 0.6) is 5.75 Å². The first-order valence-corrected chi connectivity index (χ1v) is 30.8. The third-order valence-corrected chi connectivity index (χ3v) is 15.3. The standard InChI is InChI=1S/C59H91N13O15S/c1-33(2)23-41(67-52(79)35(5)11-10-20-60)55(82)69-44(27-47(61)74)56(83)68-43(25-37-12-8-7-9-13-37)57(84)72-51(34(3)4)59(86)70-45(29-73)58(85)71-46(53(80)64-28-48(62)75)31-88-32-49(76)66-42(26-38-14-16-40(17-15-38)87-30-50(77)78)54(81)65-36(6)24-39-18-21-63-22-19-39/h14-19,21-22,33-37,41-46,51,73H,7-13,20,23-32,60H2,1-6H3,(H2,61,74)(H2,62,75)(H,64,80)(H,65,81)(H,66,76)(H,67,79)(H,68,83)(H,69,82)(H,70,86)(H,71,85)(H,72,84)(H,77,78)/t35-,36+,41+,42-,43-,44-,45-,46-,51-/m0/s1. The van der Waals surface area contributed by atoms with Gasteiger partial charge in [-0.1, -0.05) is 78.9 Å². The van der Waals surface area contributed by atoms with Gasteiger partial charge in [0.25, 0.3) is 0 Å². The molecule has 0 unspecified atom stereocenters. The van der Waals surface area contributed by atoms with E-state index in [1.165, 1.54) is 12.1 Å². The van der Waals surface area contributed by atoms with Crippen LogP contribution in [0.25, 0.3) is 0 Å². The molecule has 1 aliphatic rings. The molecule has 1 aliphatic carbocycles. The summed E-state index contributed by atoms with van der Waals surface area (Å²) in [7, 11) is 0. The Morgan fingerprint density at radius 3 is 1.78 bits per heavy atom. The molecule has 17 N–H and O–H groups in total. The van der Waals surface area contributed by atoms with Crippen LogP contribution in [-0.4, -0.2) is 172 Å². The number of primary amides is 2. The summed E-state index contributed by atoms with van der Waals surface area (Å²) in [6.07, 6.45) is 8.43. The lowest BCUT2D eigenvalue weighted by molar-refractivity contribution is -0.139. The lowest BCUT2D eigenvalue weighted by atomic mass is 9.84. The Labute approximate surface area is 517 Å². The van der Waals surface area contributed by atoms with Gasteiger partial charge >= 0.3 is 5.97 Å². The van der Waals surface area contributed by atoms with E-state index in [1.54, 1.807) is 64.4 Å². The number of hydrogen-bond donors (Lipinski definition) is 14. The molecule has 0 bridgehead atoms. The highest BCUT2D eigenvalue weighted by atomic mass is 32.2. The van der Waals surface area contributed by atoms with Gasteiger partial charge in [0.05, 0.1) is 25.3 Å². The van der Waals surface area contributed by atoms with Crippen LogP contribution in [0, 0.1) is 23.7 Å². The number of thioether (sulfide) groups is 1. The van der Waals surface area contributed by atoms with Crippen molar-refractivity contribution in [3.8, 4) is 5.75 Å². The molecule has 1 heterocycles. The van der Waals surface area contributed by atoms with Crippen LogP contribution in [0.1, 0.15) is 117 Å². The summed E-state index contributed by atoms with van der Waals surface area (Å²) < 4.78 is 5.21. The van der Waals surface area contributed by atoms with Crippen LogP contribution >= 0.6 is 11.8 Å². The number of nitrogens with zero attached hydrogens (tertiary/aromatic N) is 1. The SMILES string of the molecule is CC(C)C[C@@H](NC(=O)[C@@H](C)CCCN)C(=O)N[C@@H](CC(N)=O)C(=O)N[C@@H](CC1CCCCC1)C(=O)N[C@H](C(=O)N[C@@H](CO)C(=O)N[C@@H](CSCC(=O)N[C@@H](Cc1ccc(OCC(=O)O)cc1)C(=O)N[C@H](C)Cc1ccncc1)C(=O)NCC(N)=O)C(C)C. The number of carbonyl (C=O) groups excluding carboxylic acids is 11. The third-order valence-electron chi connectivity index (χ3n) is 14.3. The van der Waals surface area contributed by atoms with Crippen LogP contribution in [-0.2, 0) is 70.4 Å². The molecule has 1 saturated carbocycles. The number of ether oxygens (including phenoxy) is 1. The van der Waals surface area contributed by atoms with E-state index < -0.39 is 151 Å². The van der Waals surface area contributed by atoms with Gasteiger partial charge < -0.3 is 80.0 Å². The maximum atomic E-state index is 14.4. The minimum Gasteiger partial charge on any atom is -0.482 e. The van der Waals surface area contributed by atoms with Gasteiger partial charge in [-0.25, -0.2) is 4.79 Å². The molecule has 488 valence electrons. The lowest BCUT2D eigenvalue weighted by Gasteiger charge is -2.31. The Bertz CT molecular complexity index is 2650. The number of aromatic nitrogens is 1. The molecule has 1 aromatic heterocycles. The van der Waals surface area contributed by atoms with Crippen LogP contribution < -0.4 is 69.8 Å². The number of aliphatic hydroxyl groups excluding tert-OH is 1. The Hall–Kier alpha value is -7.92. The summed E-state index contributed by atoms with van der Waals surface area (Å²) in [4.78, 5) is 163. The molecule has 88 heavy (non-hydrogen) atoms. The molecule has 0 aliphatic heterocycles. The highest BCUT2D eigenvalue weighted by molar-refractivity contribution is 8.00. The first kappa shape index (κ1) is 74.3. The molecule has 9 atom stereocenters. The topological polar surface area (TPSA) is 454 Å². The number of nitrogens with one attached hydrogen (secondary N) is 9. The molecule has 28 nitrogen and oxygen atoms in total. The Balaban J connectivity index is 1.80. The summed E-state index contributed by atoms with van der Waals surface area (Å²) in [5.41, 5.74) is 17.9. The van der Waals surface area contributed by atoms with Crippen LogP contribution in [0.4, 0.5) is 0 Å². The monoisotopic (exact) mass is 1250 g/mol. The van der Waals surface area contributed by atoms with Gasteiger partial charge in [-0.3, -0.25) is 57.7 Å². The number of benzene rings is 1. The van der Waals surface area contributed by atoms with Crippen LogP contribution in [0.3, 0.4) is 0 Å². The van der Waals surface area contributed by atoms with Crippen LogP contribution in [0.2, 0.25) is 0 Å². The fraction of sp³-hybridized carbons (Fsp3) is 0.610. The van der Waals surface area contributed by atoms with Gasteiger partial charge in [0, 0.05) is 36.5 Å². The molecule has 0 saturated heterocycles. The van der Waals surface area contributed by atoms with Crippen molar-refractivity contribution in [1.29, 1.82) is 0 Å². The molecule has 3 rings (SSSR count). The number of hydrogen-bond acceptors (Lipinski definition) is 17. The highest BCUT2D eigenvalue weighted by Gasteiger charge is 2.37. The molecule has 0 radical (unpaired) electrons. The number of aliphatic hydroxyl groups is 1. The number of carbonyl (C=O) groups is 12. The number of carboxylic acid groups (broad SMARTS) is 1. The van der Waals surface area contributed by atoms with E-state index in [1.807, 2.05) is 13.8 Å². The number of aliphatic carboxylic acids is 1. The largest absolute Gasteiger partial charge is 0.482 e. The average Bonchev–Trinajstić information content (AvgIpc) is 3.64. The Morgan fingerprint density at radius 1 is 0.625 bits per heavy atom. The van der Waals surface area contributed by atoms with Crippen molar-refractivity contribution in [2.24, 2.45) is 40.9 Å². The van der Waals surface area contributed by atoms with E-state index >= 15 is 0 Å². The molecular formula is C59H91N13O15S. The van der Waals surface area contributed by atoms with E-state index in [2.05, 4.69) is 52.8 Å². The van der Waals surface area contributed by atoms with E-state index in [0.29, 0.717) is 31.4 Å². The Morgan fingerprint density at radius 2 is 1.19 bits per heavy atom. The molecule has 1 fully saturated rings. The summed E-state index contributed by atoms with van der Waals surface area (Å²) in [6, 6.07) is -0.396. The minimum atomic E-state index is -1.75. The van der Waals surface area contributed by atoms with Gasteiger partial charge in [0.15, 0.2) is 6.61 Å². The number of amides is 11. The maximum absolute atomic E-state index is 14.4. The van der Waals surface area contributed by atoms with E-state index in [0.717, 1.165) is 49.4 Å². The lowest BCUT2D eigenvalue weighted by Crippen LogP contribution is -2.61. The molecular weight excluding hydrogens is 1160 g/mol. The molecule has 29 heteroatoms. The van der Waals surface area contributed by atoms with Crippen molar-refractivity contribution in [1.82, 2.24) is 52.8 Å². The highest BCUT2D eigenvalue weighted by Crippen LogP contribution is 2.28. The smallest absolute Gasteiger partial charge is 0.341 e. The zero-order valence-electron chi connectivity index (χ0n) is 51.1. The molecule has 1 aromatic carbocycles. The second-order valence-corrected chi connectivity index (χ2v) is 23.9. The summed E-state index contributed by atoms with van der Waals surface area (Å²) in [5.74, 6) is -11.9. The first-order valence-electron chi connectivity index (χ1n) is 29.7. The van der Waals surface area contributed by atoms with Gasteiger partial charge in [-0.15, -0.1) is 11.8 Å². The van der Waals surface area contributed by atoms with E-state index in [4.69, 9.17) is 27.0 Å². The number of rotatable bonds is 40. The zero-order chi connectivity index (χ0) is 65.5. The van der Waals surface area contributed by atoms with Gasteiger partial charge in [-0.05, 0) is 98.7 Å². The van der Waals surface area contributed by atoms with Crippen molar-refractivity contribution in [2.45, 2.75) is 167 Å². The number of nitrogens with two attached hydrogens (primary N) is 3. The summed E-state index contributed by atoms with van der Waals surface area (Å²) in [5, 5.41) is 42.8.